The molecule has 0 spiro atoms. The summed E-state index contributed by atoms with van der Waals surface area (Å²) in [6, 6.07) is 2.98. The van der Waals surface area contributed by atoms with Gasteiger partial charge in [-0.1, -0.05) is 0 Å². The molecule has 0 fully saturated rings. The molecular weight excluding hydrogens is 286 g/mol. The maximum absolute atomic E-state index is 11.4. The zero-order valence-electron chi connectivity index (χ0n) is 10.9. The molecule has 3 amide bonds. The third kappa shape index (κ3) is 4.21. The van der Waals surface area contributed by atoms with E-state index in [9.17, 15) is 18.0 Å². The zero-order chi connectivity index (χ0) is 15.5. The van der Waals surface area contributed by atoms with Crippen molar-refractivity contribution in [3.05, 3.63) is 23.8 Å². The van der Waals surface area contributed by atoms with Crippen LogP contribution in [-0.4, -0.2) is 26.5 Å². The summed E-state index contributed by atoms with van der Waals surface area (Å²) in [5.74, 6) is -0.406. The first-order chi connectivity index (χ1) is 9.11. The molecule has 0 saturated carbocycles. The van der Waals surface area contributed by atoms with Crippen LogP contribution in [0.2, 0.25) is 0 Å². The zero-order valence-corrected chi connectivity index (χ0v) is 11.7. The van der Waals surface area contributed by atoms with E-state index < -0.39 is 28.1 Å². The van der Waals surface area contributed by atoms with Crippen LogP contribution in [0.25, 0.3) is 0 Å². The number of primary sulfonamides is 1. The first-order valence-corrected chi connectivity index (χ1v) is 7.06. The fourth-order valence-electron chi connectivity index (χ4n) is 1.40. The summed E-state index contributed by atoms with van der Waals surface area (Å²) in [4.78, 5) is 21.9. The Kier molecular flexibility index (Phi) is 4.69. The number of carbonyl (C=O) groups is 2. The second-order valence-corrected chi connectivity index (χ2v) is 5.65. The molecule has 0 aliphatic rings. The van der Waals surface area contributed by atoms with Gasteiger partial charge in [0.05, 0.1) is 4.90 Å². The predicted octanol–water partition coefficient (Wildman–Crippen LogP) is -0.395. The van der Waals surface area contributed by atoms with Gasteiger partial charge in [0.25, 0.3) is 5.91 Å². The minimum absolute atomic E-state index is 0.0587. The van der Waals surface area contributed by atoms with Crippen molar-refractivity contribution in [3.63, 3.8) is 0 Å². The SMILES string of the molecule is Cc1cc(S(N)(=O)=O)ccc1OC(C)C(=O)NC(N)=O. The highest BCUT2D eigenvalue weighted by Crippen LogP contribution is 2.22. The standard InChI is InChI=1S/C11H15N3O5S/c1-6-5-8(20(13,17)18)3-4-9(6)19-7(2)10(15)14-11(12)16/h3-5,7H,1-2H3,(H2,13,17,18)(H3,12,14,15,16). The highest BCUT2D eigenvalue weighted by atomic mass is 32.2. The van der Waals surface area contributed by atoms with Crippen molar-refractivity contribution in [2.45, 2.75) is 24.8 Å². The van der Waals surface area contributed by atoms with E-state index in [0.717, 1.165) is 0 Å². The predicted molar refractivity (Wildman–Crippen MR) is 70.4 cm³/mol. The van der Waals surface area contributed by atoms with Crippen molar-refractivity contribution in [1.29, 1.82) is 0 Å². The first kappa shape index (κ1) is 15.9. The number of benzene rings is 1. The molecule has 0 radical (unpaired) electrons. The lowest BCUT2D eigenvalue weighted by atomic mass is 10.2. The minimum atomic E-state index is -3.80. The van der Waals surface area contributed by atoms with Crippen LogP contribution in [0.3, 0.4) is 0 Å². The molecule has 1 aromatic rings. The van der Waals surface area contributed by atoms with E-state index >= 15 is 0 Å². The number of carbonyl (C=O) groups excluding carboxylic acids is 2. The maximum atomic E-state index is 11.4. The molecule has 5 N–H and O–H groups in total. The normalized spacial score (nSPS) is 12.6. The quantitative estimate of drug-likeness (QED) is 0.694. The van der Waals surface area contributed by atoms with Crippen molar-refractivity contribution >= 4 is 22.0 Å². The fourth-order valence-corrected chi connectivity index (χ4v) is 2.00. The third-order valence-corrected chi connectivity index (χ3v) is 3.31. The van der Waals surface area contributed by atoms with Crippen LogP contribution in [0.1, 0.15) is 12.5 Å². The summed E-state index contributed by atoms with van der Waals surface area (Å²) in [7, 11) is -3.80. The molecule has 0 bridgehead atoms. The van der Waals surface area contributed by atoms with Crippen molar-refractivity contribution in [2.75, 3.05) is 0 Å². The van der Waals surface area contributed by atoms with E-state index in [1.165, 1.54) is 25.1 Å². The average molecular weight is 301 g/mol. The summed E-state index contributed by atoms with van der Waals surface area (Å²) in [6.07, 6.45) is -0.971. The molecule has 1 rings (SSSR count). The largest absolute Gasteiger partial charge is 0.481 e. The summed E-state index contributed by atoms with van der Waals surface area (Å²) < 4.78 is 27.7. The van der Waals surface area contributed by atoms with E-state index in [1.54, 1.807) is 6.92 Å². The number of nitrogens with one attached hydrogen (secondary N) is 1. The second kappa shape index (κ2) is 5.88. The molecule has 0 aromatic heterocycles. The number of nitrogens with two attached hydrogens (primary N) is 2. The van der Waals surface area contributed by atoms with E-state index in [-0.39, 0.29) is 4.90 Å². The number of hydrogen-bond acceptors (Lipinski definition) is 5. The van der Waals surface area contributed by atoms with Gasteiger partial charge in [0, 0.05) is 0 Å². The Hall–Kier alpha value is -2.13. The number of primary amides is 1. The lowest BCUT2D eigenvalue weighted by Gasteiger charge is -2.15. The molecule has 1 aromatic carbocycles. The Balaban J connectivity index is 2.89. The Morgan fingerprint density at radius 1 is 1.35 bits per heavy atom. The number of sulfonamides is 1. The Morgan fingerprint density at radius 2 is 1.95 bits per heavy atom. The van der Waals surface area contributed by atoms with Crippen LogP contribution in [0.4, 0.5) is 4.79 Å². The van der Waals surface area contributed by atoms with E-state index in [4.69, 9.17) is 15.6 Å². The van der Waals surface area contributed by atoms with Gasteiger partial charge in [0.2, 0.25) is 10.0 Å². The Labute approximate surface area is 116 Å². The molecule has 0 aliphatic carbocycles. The Morgan fingerprint density at radius 3 is 2.40 bits per heavy atom. The first-order valence-electron chi connectivity index (χ1n) is 5.51. The lowest BCUT2D eigenvalue weighted by Crippen LogP contribution is -2.42. The van der Waals surface area contributed by atoms with Gasteiger partial charge in [-0.05, 0) is 37.6 Å². The van der Waals surface area contributed by atoms with Crippen LogP contribution < -0.4 is 20.9 Å². The second-order valence-electron chi connectivity index (χ2n) is 4.09. The van der Waals surface area contributed by atoms with Crippen molar-refractivity contribution in [1.82, 2.24) is 5.32 Å². The lowest BCUT2D eigenvalue weighted by molar-refractivity contribution is -0.126. The highest BCUT2D eigenvalue weighted by molar-refractivity contribution is 7.89. The summed E-state index contributed by atoms with van der Waals surface area (Å²) in [6.45, 7) is 3.02. The van der Waals surface area contributed by atoms with Gasteiger partial charge in [0.1, 0.15) is 5.75 Å². The van der Waals surface area contributed by atoms with Crippen LogP contribution in [0.15, 0.2) is 23.1 Å². The van der Waals surface area contributed by atoms with E-state index in [2.05, 4.69) is 0 Å². The molecule has 0 heterocycles. The van der Waals surface area contributed by atoms with E-state index in [0.29, 0.717) is 11.3 Å². The number of rotatable bonds is 4. The number of hydrogen-bond donors (Lipinski definition) is 3. The van der Waals surface area contributed by atoms with Crippen LogP contribution in [-0.2, 0) is 14.8 Å². The van der Waals surface area contributed by atoms with Gasteiger partial charge in [-0.25, -0.2) is 18.4 Å². The number of urea groups is 1. The van der Waals surface area contributed by atoms with Crippen molar-refractivity contribution in [2.24, 2.45) is 10.9 Å². The van der Waals surface area contributed by atoms with Gasteiger partial charge in [-0.2, -0.15) is 0 Å². The molecule has 1 atom stereocenters. The van der Waals surface area contributed by atoms with Crippen LogP contribution in [0, 0.1) is 6.92 Å². The summed E-state index contributed by atoms with van der Waals surface area (Å²) in [5.41, 5.74) is 5.30. The molecular formula is C11H15N3O5S. The average Bonchev–Trinajstić information content (AvgIpc) is 2.29. The molecule has 8 nitrogen and oxygen atoms in total. The number of aryl methyl sites for hydroxylation is 1. The summed E-state index contributed by atoms with van der Waals surface area (Å²) >= 11 is 0. The summed E-state index contributed by atoms with van der Waals surface area (Å²) in [5, 5.41) is 6.87. The molecule has 0 saturated heterocycles. The molecule has 0 aliphatic heterocycles. The monoisotopic (exact) mass is 301 g/mol. The highest BCUT2D eigenvalue weighted by Gasteiger charge is 2.18. The van der Waals surface area contributed by atoms with Crippen LogP contribution >= 0.6 is 0 Å². The molecule has 9 heteroatoms. The minimum Gasteiger partial charge on any atom is -0.481 e. The fraction of sp³-hybridized carbons (Fsp3) is 0.273. The maximum Gasteiger partial charge on any atom is 0.318 e. The smallest absolute Gasteiger partial charge is 0.318 e. The van der Waals surface area contributed by atoms with Gasteiger partial charge in [-0.15, -0.1) is 0 Å². The van der Waals surface area contributed by atoms with Crippen molar-refractivity contribution in [3.8, 4) is 5.75 Å². The van der Waals surface area contributed by atoms with Crippen molar-refractivity contribution < 1.29 is 22.7 Å². The topological polar surface area (TPSA) is 142 Å². The molecule has 1 unspecified atom stereocenters. The number of imide groups is 1. The number of ether oxygens (including phenoxy) is 1. The molecule has 20 heavy (non-hydrogen) atoms. The number of amides is 3. The van der Waals surface area contributed by atoms with Gasteiger partial charge in [0.15, 0.2) is 6.10 Å². The third-order valence-electron chi connectivity index (χ3n) is 2.39. The van der Waals surface area contributed by atoms with E-state index in [1.807, 2.05) is 5.32 Å². The van der Waals surface area contributed by atoms with Gasteiger partial charge in [-0.3, -0.25) is 10.1 Å². The van der Waals surface area contributed by atoms with Gasteiger partial charge < -0.3 is 10.5 Å². The van der Waals surface area contributed by atoms with Crippen LogP contribution in [0.5, 0.6) is 5.75 Å². The Bertz CT molecular complexity index is 641. The molecule has 110 valence electrons. The van der Waals surface area contributed by atoms with Gasteiger partial charge >= 0.3 is 6.03 Å².